The molecule has 2 aromatic carbocycles. The van der Waals surface area contributed by atoms with Crippen molar-refractivity contribution in [1.29, 1.82) is 0 Å². The Bertz CT molecular complexity index is 742. The number of hydrogen-bond donors (Lipinski definition) is 1. The zero-order valence-corrected chi connectivity index (χ0v) is 13.1. The Balaban J connectivity index is 2.44. The molecule has 1 N–H and O–H groups in total. The van der Waals surface area contributed by atoms with Crippen LogP contribution in [0.5, 0.6) is 0 Å². The summed E-state index contributed by atoms with van der Waals surface area (Å²) < 4.78 is 27.4. The van der Waals surface area contributed by atoms with Gasteiger partial charge in [0.25, 0.3) is 0 Å². The van der Waals surface area contributed by atoms with E-state index in [4.69, 9.17) is 0 Å². The average molecular weight is 316 g/mol. The number of halogens is 2. The van der Waals surface area contributed by atoms with Gasteiger partial charge in [0.1, 0.15) is 0 Å². The van der Waals surface area contributed by atoms with Gasteiger partial charge in [-0.1, -0.05) is 37.6 Å². The summed E-state index contributed by atoms with van der Waals surface area (Å²) in [4.78, 5) is 10.4. The maximum Gasteiger partial charge on any atom is 0.227 e. The fourth-order valence-electron chi connectivity index (χ4n) is 2.46. The van der Waals surface area contributed by atoms with Gasteiger partial charge in [-0.15, -0.1) is 0 Å². The van der Waals surface area contributed by atoms with Crippen LogP contribution in [0.2, 0.25) is 0 Å². The second kappa shape index (κ2) is 7.63. The first kappa shape index (κ1) is 16.8. The van der Waals surface area contributed by atoms with Crippen molar-refractivity contribution in [3.8, 4) is 11.1 Å². The zero-order chi connectivity index (χ0) is 16.8. The number of rotatable bonds is 6. The van der Waals surface area contributed by atoms with Crippen LogP contribution in [-0.2, 0) is 4.79 Å². The molecule has 3 nitrogen and oxygen atoms in total. The van der Waals surface area contributed by atoms with E-state index in [2.05, 4.69) is 10.5 Å². The Morgan fingerprint density at radius 1 is 1.22 bits per heavy atom. The summed E-state index contributed by atoms with van der Waals surface area (Å²) in [7, 11) is 0. The number of hydrogen-bond acceptors (Lipinski definition) is 2. The number of aryl methyl sites for hydroxylation is 1. The van der Waals surface area contributed by atoms with E-state index in [1.54, 1.807) is 18.2 Å². The molecular formula is C18H18F2N2O. The highest BCUT2D eigenvalue weighted by Crippen LogP contribution is 2.28. The summed E-state index contributed by atoms with van der Waals surface area (Å²) in [5, 5.41) is 4.04. The third kappa shape index (κ3) is 3.80. The molecule has 0 fully saturated rings. The molecule has 120 valence electrons. The van der Waals surface area contributed by atoms with Crippen LogP contribution in [0.1, 0.15) is 30.9 Å². The summed E-state index contributed by atoms with van der Waals surface area (Å²) >= 11 is 0. The molecule has 0 aromatic heterocycles. The third-order valence-electron chi connectivity index (χ3n) is 3.54. The van der Waals surface area contributed by atoms with Gasteiger partial charge in [-0.25, -0.2) is 14.2 Å². The Hall–Kier alpha value is -2.56. The molecule has 0 spiro atoms. The molecule has 2 aromatic rings. The standard InChI is InChI=1S/C18H18F2N2O/c1-3-5-17(22-21-11-23)13-8-9-14(12(2)10-13)15-6-4-7-16(19)18(15)20/h4,6-11H,3,5H2,1-2H3,(H,21,23)/b22-17+. The number of carbonyl (C=O) groups is 1. The van der Waals surface area contributed by atoms with E-state index in [0.717, 1.165) is 29.3 Å². The van der Waals surface area contributed by atoms with Crippen molar-refractivity contribution in [2.75, 3.05) is 0 Å². The summed E-state index contributed by atoms with van der Waals surface area (Å²) in [6, 6.07) is 9.54. The fourth-order valence-corrected chi connectivity index (χ4v) is 2.46. The van der Waals surface area contributed by atoms with E-state index in [9.17, 15) is 13.6 Å². The Morgan fingerprint density at radius 2 is 2.00 bits per heavy atom. The lowest BCUT2D eigenvalue weighted by Gasteiger charge is -2.11. The predicted octanol–water partition coefficient (Wildman–Crippen LogP) is 4.19. The Kier molecular flexibility index (Phi) is 5.57. The van der Waals surface area contributed by atoms with Crippen LogP contribution in [0, 0.1) is 18.6 Å². The quantitative estimate of drug-likeness (QED) is 0.484. The van der Waals surface area contributed by atoms with Crippen LogP contribution in [0.3, 0.4) is 0 Å². The van der Waals surface area contributed by atoms with Gasteiger partial charge in [0, 0.05) is 5.56 Å². The van der Waals surface area contributed by atoms with Crippen molar-refractivity contribution in [3.05, 3.63) is 59.2 Å². The van der Waals surface area contributed by atoms with Crippen LogP contribution >= 0.6 is 0 Å². The van der Waals surface area contributed by atoms with Gasteiger partial charge >= 0.3 is 0 Å². The minimum absolute atomic E-state index is 0.231. The molecule has 0 saturated carbocycles. The number of amides is 1. The van der Waals surface area contributed by atoms with Gasteiger partial charge in [0.05, 0.1) is 5.71 Å². The lowest BCUT2D eigenvalue weighted by Crippen LogP contribution is -2.10. The molecule has 0 saturated heterocycles. The van der Waals surface area contributed by atoms with Crippen molar-refractivity contribution < 1.29 is 13.6 Å². The molecule has 1 amide bonds. The van der Waals surface area contributed by atoms with Gasteiger partial charge in [0.15, 0.2) is 11.6 Å². The second-order valence-electron chi connectivity index (χ2n) is 5.19. The molecule has 23 heavy (non-hydrogen) atoms. The molecule has 0 radical (unpaired) electrons. The summed E-state index contributed by atoms with van der Waals surface area (Å²) in [6.45, 7) is 3.85. The van der Waals surface area contributed by atoms with E-state index in [-0.39, 0.29) is 5.56 Å². The molecule has 0 bridgehead atoms. The van der Waals surface area contributed by atoms with Gasteiger partial charge in [0.2, 0.25) is 6.41 Å². The molecule has 0 aliphatic heterocycles. The van der Waals surface area contributed by atoms with Crippen LogP contribution in [0.15, 0.2) is 41.5 Å². The predicted molar refractivity (Wildman–Crippen MR) is 87.2 cm³/mol. The van der Waals surface area contributed by atoms with E-state index in [1.807, 2.05) is 19.9 Å². The van der Waals surface area contributed by atoms with Crippen molar-refractivity contribution in [3.63, 3.8) is 0 Å². The van der Waals surface area contributed by atoms with E-state index >= 15 is 0 Å². The zero-order valence-electron chi connectivity index (χ0n) is 13.1. The van der Waals surface area contributed by atoms with Crippen molar-refractivity contribution >= 4 is 12.1 Å². The average Bonchev–Trinajstić information content (AvgIpc) is 2.54. The fraction of sp³-hybridized carbons (Fsp3) is 0.222. The largest absolute Gasteiger partial charge is 0.277 e. The van der Waals surface area contributed by atoms with E-state index < -0.39 is 11.6 Å². The number of nitrogens with zero attached hydrogens (tertiary/aromatic N) is 1. The lowest BCUT2D eigenvalue weighted by atomic mass is 9.95. The molecule has 5 heteroatoms. The second-order valence-corrected chi connectivity index (χ2v) is 5.19. The normalized spacial score (nSPS) is 11.4. The van der Waals surface area contributed by atoms with Gasteiger partial charge in [-0.3, -0.25) is 4.79 Å². The lowest BCUT2D eigenvalue weighted by molar-refractivity contribution is -0.109. The molecule has 0 aliphatic rings. The van der Waals surface area contributed by atoms with E-state index in [0.29, 0.717) is 18.4 Å². The molecule has 2 rings (SSSR count). The number of benzene rings is 2. The van der Waals surface area contributed by atoms with Crippen molar-refractivity contribution in [2.24, 2.45) is 5.10 Å². The highest BCUT2D eigenvalue weighted by Gasteiger charge is 2.13. The smallest absolute Gasteiger partial charge is 0.227 e. The van der Waals surface area contributed by atoms with Crippen LogP contribution in [-0.4, -0.2) is 12.1 Å². The van der Waals surface area contributed by atoms with Gasteiger partial charge in [-0.2, -0.15) is 5.10 Å². The third-order valence-corrected chi connectivity index (χ3v) is 3.54. The number of nitrogens with one attached hydrogen (secondary N) is 1. The van der Waals surface area contributed by atoms with Crippen molar-refractivity contribution in [2.45, 2.75) is 26.7 Å². The minimum Gasteiger partial charge on any atom is -0.277 e. The van der Waals surface area contributed by atoms with Crippen LogP contribution in [0.4, 0.5) is 8.78 Å². The van der Waals surface area contributed by atoms with Crippen LogP contribution in [0.25, 0.3) is 11.1 Å². The summed E-state index contributed by atoms with van der Waals surface area (Å²) in [5.74, 6) is -1.72. The van der Waals surface area contributed by atoms with E-state index in [1.165, 1.54) is 6.07 Å². The SMILES string of the molecule is CCC/C(=N\NC=O)c1ccc(-c2cccc(F)c2F)c(C)c1. The maximum atomic E-state index is 14.0. The highest BCUT2D eigenvalue weighted by molar-refractivity contribution is 6.01. The first-order valence-corrected chi connectivity index (χ1v) is 7.39. The Labute approximate surface area is 134 Å². The molecule has 0 aliphatic carbocycles. The first-order valence-electron chi connectivity index (χ1n) is 7.39. The van der Waals surface area contributed by atoms with Gasteiger partial charge < -0.3 is 0 Å². The Morgan fingerprint density at radius 3 is 2.65 bits per heavy atom. The van der Waals surface area contributed by atoms with Crippen LogP contribution < -0.4 is 5.43 Å². The number of carbonyl (C=O) groups excluding carboxylic acids is 1. The molecule has 0 heterocycles. The monoisotopic (exact) mass is 316 g/mol. The molecular weight excluding hydrogens is 298 g/mol. The summed E-state index contributed by atoms with van der Waals surface area (Å²) in [6.07, 6.45) is 2.09. The maximum absolute atomic E-state index is 14.0. The number of hydrazone groups is 1. The topological polar surface area (TPSA) is 41.5 Å². The highest BCUT2D eigenvalue weighted by atomic mass is 19.2. The molecule has 0 unspecified atom stereocenters. The molecule has 0 atom stereocenters. The van der Waals surface area contributed by atoms with Crippen molar-refractivity contribution in [1.82, 2.24) is 5.43 Å². The van der Waals surface area contributed by atoms with Gasteiger partial charge in [-0.05, 0) is 42.2 Å². The summed E-state index contributed by atoms with van der Waals surface area (Å²) in [5.41, 5.74) is 5.57. The first-order chi connectivity index (χ1) is 11.1. The minimum atomic E-state index is -0.866.